The number of nitro benzene ring substituents is 2. The first-order chi connectivity index (χ1) is 14.8. The highest BCUT2D eigenvalue weighted by atomic mass is 16.6. The Bertz CT molecular complexity index is 1200. The predicted molar refractivity (Wildman–Crippen MR) is 109 cm³/mol. The van der Waals surface area contributed by atoms with E-state index in [0.29, 0.717) is 23.2 Å². The van der Waals surface area contributed by atoms with Crippen molar-refractivity contribution in [1.82, 2.24) is 4.57 Å². The molecule has 0 aliphatic heterocycles. The van der Waals surface area contributed by atoms with Gasteiger partial charge in [0.25, 0.3) is 17.3 Å². The van der Waals surface area contributed by atoms with Crippen LogP contribution >= 0.6 is 0 Å². The third-order valence-electron chi connectivity index (χ3n) is 4.48. The maximum absolute atomic E-state index is 12.5. The van der Waals surface area contributed by atoms with Gasteiger partial charge in [-0.15, -0.1) is 10.2 Å². The Balaban J connectivity index is 2.07. The molecule has 3 rings (SSSR count). The molecule has 0 unspecified atom stereocenters. The number of ether oxygens (including phenoxy) is 1. The summed E-state index contributed by atoms with van der Waals surface area (Å²) >= 11 is 0. The molecule has 1 N–H and O–H groups in total. The van der Waals surface area contributed by atoms with E-state index < -0.39 is 27.1 Å². The van der Waals surface area contributed by atoms with Crippen LogP contribution in [0.25, 0.3) is 10.9 Å². The average Bonchev–Trinajstić information content (AvgIpc) is 3.02. The van der Waals surface area contributed by atoms with Crippen LogP contribution in [0.3, 0.4) is 0 Å². The van der Waals surface area contributed by atoms with E-state index >= 15 is 0 Å². The number of nitro groups is 2. The first kappa shape index (κ1) is 21.4. The van der Waals surface area contributed by atoms with E-state index in [4.69, 9.17) is 4.74 Å². The number of non-ortho nitro benzene ring substituents is 2. The molecular weight excluding hydrogens is 410 g/mol. The third kappa shape index (κ3) is 4.17. The Morgan fingerprint density at radius 2 is 1.77 bits per heavy atom. The molecule has 0 saturated carbocycles. The van der Waals surface area contributed by atoms with Gasteiger partial charge in [-0.3, -0.25) is 25.0 Å². The fourth-order valence-electron chi connectivity index (χ4n) is 3.06. The number of methoxy groups -OCH3 is 1. The summed E-state index contributed by atoms with van der Waals surface area (Å²) in [5, 5.41) is 40.5. The second kappa shape index (κ2) is 8.57. The summed E-state index contributed by atoms with van der Waals surface area (Å²) < 4.78 is 6.80. The van der Waals surface area contributed by atoms with Crippen molar-refractivity contribution in [3.63, 3.8) is 0 Å². The lowest BCUT2D eigenvalue weighted by molar-refractivity contribution is -0.394. The fourth-order valence-corrected chi connectivity index (χ4v) is 3.06. The normalized spacial score (nSPS) is 11.2. The number of hydrogen-bond donors (Lipinski definition) is 1. The Kier molecular flexibility index (Phi) is 5.90. The molecule has 3 aromatic rings. The van der Waals surface area contributed by atoms with Crippen LogP contribution < -0.4 is 4.74 Å². The van der Waals surface area contributed by atoms with Gasteiger partial charge in [0.15, 0.2) is 5.69 Å². The van der Waals surface area contributed by atoms with E-state index in [1.807, 2.05) is 6.92 Å². The lowest BCUT2D eigenvalue weighted by Gasteiger charge is -2.04. The van der Waals surface area contributed by atoms with Crippen molar-refractivity contribution in [1.29, 1.82) is 0 Å². The minimum absolute atomic E-state index is 0.00984. The minimum Gasteiger partial charge on any atom is -0.497 e. The van der Waals surface area contributed by atoms with Gasteiger partial charge in [-0.1, -0.05) is 6.92 Å². The van der Waals surface area contributed by atoms with Crippen LogP contribution in [0.1, 0.15) is 23.7 Å². The SMILES string of the molecule is CCCn1c(O)c(N=NC(=O)c2cc([N+](=O)[O-])cc([N+](=O)[O-])c2)c2cc(OC)ccc21. The monoisotopic (exact) mass is 427 g/mol. The standard InChI is InChI=1S/C19H17N5O7/c1-3-6-22-16-5-4-14(31-2)10-15(16)17(19(22)26)20-21-18(25)11-7-12(23(27)28)9-13(8-11)24(29)30/h4-5,7-10,26H,3,6H2,1-2H3. The number of aromatic nitrogens is 1. The average molecular weight is 427 g/mol. The van der Waals surface area contributed by atoms with Gasteiger partial charge in [-0.2, -0.15) is 0 Å². The van der Waals surface area contributed by atoms with E-state index in [1.54, 1.807) is 22.8 Å². The van der Waals surface area contributed by atoms with E-state index in [0.717, 1.165) is 24.6 Å². The topological polar surface area (TPSA) is 162 Å². The van der Waals surface area contributed by atoms with Gasteiger partial charge < -0.3 is 14.4 Å². The summed E-state index contributed by atoms with van der Waals surface area (Å²) in [6, 6.07) is 7.55. The van der Waals surface area contributed by atoms with Crippen LogP contribution in [0.4, 0.5) is 17.1 Å². The highest BCUT2D eigenvalue weighted by Crippen LogP contribution is 2.40. The molecule has 12 heteroatoms. The van der Waals surface area contributed by atoms with Gasteiger partial charge in [0, 0.05) is 24.1 Å². The summed E-state index contributed by atoms with van der Waals surface area (Å²) in [6.45, 7) is 2.41. The van der Waals surface area contributed by atoms with Gasteiger partial charge in [0.2, 0.25) is 5.88 Å². The van der Waals surface area contributed by atoms with Crippen LogP contribution in [0.2, 0.25) is 0 Å². The van der Waals surface area contributed by atoms with Crippen LogP contribution in [0, 0.1) is 20.2 Å². The molecule has 31 heavy (non-hydrogen) atoms. The van der Waals surface area contributed by atoms with Gasteiger partial charge in [0.1, 0.15) is 5.75 Å². The van der Waals surface area contributed by atoms with Crippen molar-refractivity contribution in [2.24, 2.45) is 10.2 Å². The maximum Gasteiger partial charge on any atom is 0.295 e. The summed E-state index contributed by atoms with van der Waals surface area (Å²) in [5.74, 6) is -0.754. The molecule has 0 radical (unpaired) electrons. The number of nitrogens with zero attached hydrogens (tertiary/aromatic N) is 5. The van der Waals surface area contributed by atoms with Crippen molar-refractivity contribution in [3.05, 3.63) is 62.2 Å². The molecule has 0 spiro atoms. The van der Waals surface area contributed by atoms with Gasteiger partial charge in [-0.25, -0.2) is 0 Å². The van der Waals surface area contributed by atoms with Crippen molar-refractivity contribution < 1.29 is 24.5 Å². The van der Waals surface area contributed by atoms with Crippen molar-refractivity contribution >= 4 is 33.9 Å². The molecule has 1 amide bonds. The number of carbonyl (C=O) groups excluding carboxylic acids is 1. The highest BCUT2D eigenvalue weighted by Gasteiger charge is 2.21. The molecule has 0 saturated heterocycles. The Labute approximate surface area is 174 Å². The van der Waals surface area contributed by atoms with E-state index in [2.05, 4.69) is 10.2 Å². The lowest BCUT2D eigenvalue weighted by atomic mass is 10.1. The predicted octanol–water partition coefficient (Wildman–Crippen LogP) is 4.51. The zero-order valence-corrected chi connectivity index (χ0v) is 16.5. The van der Waals surface area contributed by atoms with Crippen molar-refractivity contribution in [2.75, 3.05) is 7.11 Å². The minimum atomic E-state index is -1.04. The smallest absolute Gasteiger partial charge is 0.295 e. The second-order valence-electron chi connectivity index (χ2n) is 6.46. The number of hydrogen-bond acceptors (Lipinski definition) is 8. The van der Waals surface area contributed by atoms with Gasteiger partial charge >= 0.3 is 0 Å². The van der Waals surface area contributed by atoms with Gasteiger partial charge in [0.05, 0.1) is 34.1 Å². The van der Waals surface area contributed by atoms with Gasteiger partial charge in [-0.05, 0) is 24.6 Å². The van der Waals surface area contributed by atoms with Crippen molar-refractivity contribution in [2.45, 2.75) is 19.9 Å². The molecular formula is C19H17N5O7. The summed E-state index contributed by atoms with van der Waals surface area (Å²) in [4.78, 5) is 32.8. The molecule has 0 bridgehead atoms. The molecule has 160 valence electrons. The van der Waals surface area contributed by atoms with E-state index in [9.17, 15) is 30.1 Å². The van der Waals surface area contributed by atoms with Crippen LogP contribution in [0.5, 0.6) is 11.6 Å². The zero-order valence-electron chi connectivity index (χ0n) is 16.5. The zero-order chi connectivity index (χ0) is 22.7. The molecule has 1 aromatic heterocycles. The summed E-state index contributed by atoms with van der Waals surface area (Å²) in [6.07, 6.45) is 0.718. The number of aryl methyl sites for hydroxylation is 1. The Morgan fingerprint density at radius 1 is 1.13 bits per heavy atom. The Morgan fingerprint density at radius 3 is 2.32 bits per heavy atom. The fraction of sp³-hybridized carbons (Fsp3) is 0.211. The molecule has 0 aliphatic carbocycles. The number of azo groups is 1. The number of fused-ring (bicyclic) bond motifs is 1. The number of rotatable bonds is 7. The largest absolute Gasteiger partial charge is 0.497 e. The van der Waals surface area contributed by atoms with Crippen LogP contribution in [0.15, 0.2) is 46.6 Å². The van der Waals surface area contributed by atoms with E-state index in [-0.39, 0.29) is 17.1 Å². The first-order valence-electron chi connectivity index (χ1n) is 9.06. The molecule has 0 fully saturated rings. The number of carbonyl (C=O) groups is 1. The number of aromatic hydroxyl groups is 1. The lowest BCUT2D eigenvalue weighted by Crippen LogP contribution is -1.99. The van der Waals surface area contributed by atoms with Crippen LogP contribution in [-0.2, 0) is 6.54 Å². The quantitative estimate of drug-likeness (QED) is 0.329. The summed E-state index contributed by atoms with van der Waals surface area (Å²) in [7, 11) is 1.48. The van der Waals surface area contributed by atoms with E-state index in [1.165, 1.54) is 7.11 Å². The molecule has 12 nitrogen and oxygen atoms in total. The summed E-state index contributed by atoms with van der Waals surface area (Å²) in [5.41, 5.74) is -0.970. The highest BCUT2D eigenvalue weighted by molar-refractivity contribution is 5.98. The first-order valence-corrected chi connectivity index (χ1v) is 9.06. The molecule has 0 atom stereocenters. The maximum atomic E-state index is 12.5. The van der Waals surface area contributed by atoms with Crippen LogP contribution in [-0.4, -0.2) is 32.5 Å². The molecule has 2 aromatic carbocycles. The Hall–Kier alpha value is -4.35. The van der Waals surface area contributed by atoms with Crippen molar-refractivity contribution in [3.8, 4) is 11.6 Å². The number of benzene rings is 2. The second-order valence-corrected chi connectivity index (χ2v) is 6.46. The molecule has 0 aliphatic rings. The molecule has 1 heterocycles. The third-order valence-corrected chi connectivity index (χ3v) is 4.48. The number of amides is 1.